The molecule has 4 aliphatic heterocycles. The first-order valence-corrected chi connectivity index (χ1v) is 10.8. The van der Waals surface area contributed by atoms with Gasteiger partial charge in [0, 0.05) is 23.9 Å². The van der Waals surface area contributed by atoms with E-state index >= 15 is 0 Å². The van der Waals surface area contributed by atoms with E-state index in [9.17, 15) is 14.4 Å². The van der Waals surface area contributed by atoms with Crippen LogP contribution in [0.5, 0.6) is 0 Å². The first-order valence-electron chi connectivity index (χ1n) is 9.97. The topological polar surface area (TPSA) is 102 Å². The lowest BCUT2D eigenvalue weighted by Gasteiger charge is -2.43. The highest BCUT2D eigenvalue weighted by Crippen LogP contribution is 2.59. The number of hydrogen-bond acceptors (Lipinski definition) is 7. The number of anilines is 1. The van der Waals surface area contributed by atoms with Crippen molar-refractivity contribution in [3.05, 3.63) is 47.9 Å². The van der Waals surface area contributed by atoms with Gasteiger partial charge in [0.2, 0.25) is 11.8 Å². The Labute approximate surface area is 175 Å². The lowest BCUT2D eigenvalue weighted by molar-refractivity contribution is -0.147. The van der Waals surface area contributed by atoms with Gasteiger partial charge in [0.05, 0.1) is 36.3 Å². The molecule has 8 nitrogen and oxygen atoms in total. The van der Waals surface area contributed by atoms with Gasteiger partial charge < -0.3 is 19.4 Å². The normalized spacial score (nSPS) is 38.8. The number of ketones is 1. The summed E-state index contributed by atoms with van der Waals surface area (Å²) < 4.78 is 11.9. The van der Waals surface area contributed by atoms with Crippen molar-refractivity contribution in [3.63, 3.8) is 0 Å². The Morgan fingerprint density at radius 1 is 1.40 bits per heavy atom. The fourth-order valence-electron chi connectivity index (χ4n) is 5.74. The quantitative estimate of drug-likeness (QED) is 0.757. The molecule has 30 heavy (non-hydrogen) atoms. The van der Waals surface area contributed by atoms with E-state index in [1.165, 1.54) is 11.3 Å². The molecule has 9 heteroatoms. The first kappa shape index (κ1) is 18.0. The second kappa shape index (κ2) is 6.12. The van der Waals surface area contributed by atoms with Gasteiger partial charge in [-0.05, 0) is 12.1 Å². The van der Waals surface area contributed by atoms with Gasteiger partial charge in [-0.2, -0.15) is 0 Å². The lowest BCUT2D eigenvalue weighted by Crippen LogP contribution is -2.55. The minimum absolute atomic E-state index is 0.0663. The summed E-state index contributed by atoms with van der Waals surface area (Å²) in [5, 5.41) is 5.08. The van der Waals surface area contributed by atoms with Crippen LogP contribution in [-0.4, -0.2) is 45.2 Å². The smallest absolute Gasteiger partial charge is 0.233 e. The van der Waals surface area contributed by atoms with E-state index in [0.29, 0.717) is 10.9 Å². The van der Waals surface area contributed by atoms with E-state index in [2.05, 4.69) is 10.3 Å². The number of hydrogen-bond donors (Lipinski definition) is 1. The van der Waals surface area contributed by atoms with Crippen LogP contribution in [0, 0.1) is 17.8 Å². The molecule has 0 radical (unpaired) electrons. The third kappa shape index (κ3) is 2.19. The minimum atomic E-state index is -0.979. The highest BCUT2D eigenvalue weighted by Gasteiger charge is 2.74. The van der Waals surface area contributed by atoms with Crippen molar-refractivity contribution in [3.8, 4) is 0 Å². The molecule has 1 N–H and O–H groups in total. The van der Waals surface area contributed by atoms with Crippen LogP contribution >= 0.6 is 11.3 Å². The Balaban J connectivity index is 1.41. The van der Waals surface area contributed by atoms with Gasteiger partial charge in [-0.1, -0.05) is 19.1 Å². The van der Waals surface area contributed by atoms with Crippen LogP contribution in [0.25, 0.3) is 0 Å². The predicted molar refractivity (Wildman–Crippen MR) is 105 cm³/mol. The number of ether oxygens (including phenoxy) is 1. The average Bonchev–Trinajstić information content (AvgIpc) is 3.52. The number of carbonyl (C=O) groups excluding carboxylic acids is 3. The first-order chi connectivity index (χ1) is 14.5. The Hall–Kier alpha value is -2.78. The van der Waals surface area contributed by atoms with Gasteiger partial charge in [-0.15, -0.1) is 11.3 Å². The molecule has 2 amide bonds. The monoisotopic (exact) mass is 425 g/mol. The van der Waals surface area contributed by atoms with E-state index in [-0.39, 0.29) is 24.0 Å². The Kier molecular flexibility index (Phi) is 3.67. The fourth-order valence-corrected chi connectivity index (χ4v) is 6.27. The summed E-state index contributed by atoms with van der Waals surface area (Å²) in [6.45, 7) is 1.84. The zero-order valence-electron chi connectivity index (χ0n) is 16.1. The van der Waals surface area contributed by atoms with Gasteiger partial charge in [0.25, 0.3) is 0 Å². The molecule has 4 aliphatic rings. The van der Waals surface area contributed by atoms with Gasteiger partial charge in [-0.25, -0.2) is 4.98 Å². The number of piperidine rings is 1. The van der Waals surface area contributed by atoms with Crippen molar-refractivity contribution in [2.45, 2.75) is 37.1 Å². The van der Waals surface area contributed by atoms with Crippen molar-refractivity contribution in [2.24, 2.45) is 17.8 Å². The Bertz CT molecular complexity index is 1060. The van der Waals surface area contributed by atoms with Crippen molar-refractivity contribution in [1.29, 1.82) is 0 Å². The van der Waals surface area contributed by atoms with Gasteiger partial charge in [-0.3, -0.25) is 14.4 Å². The molecule has 0 aliphatic carbocycles. The number of furan rings is 1. The highest BCUT2D eigenvalue weighted by atomic mass is 32.1. The zero-order chi connectivity index (χ0) is 20.6. The number of fused-ring (bicyclic) bond motifs is 2. The molecule has 3 fully saturated rings. The van der Waals surface area contributed by atoms with Crippen molar-refractivity contribution >= 4 is 34.1 Å². The summed E-state index contributed by atoms with van der Waals surface area (Å²) >= 11 is 1.32. The van der Waals surface area contributed by atoms with Crippen LogP contribution in [0.4, 0.5) is 5.13 Å². The molecule has 6 unspecified atom stereocenters. The van der Waals surface area contributed by atoms with E-state index in [4.69, 9.17) is 9.15 Å². The third-order valence-corrected chi connectivity index (χ3v) is 7.61. The van der Waals surface area contributed by atoms with Crippen molar-refractivity contribution in [1.82, 2.24) is 9.88 Å². The minimum Gasteiger partial charge on any atom is -0.467 e. The summed E-state index contributed by atoms with van der Waals surface area (Å²) in [5.41, 5.74) is -0.979. The number of thiazole rings is 1. The molecule has 2 bridgehead atoms. The Morgan fingerprint density at radius 2 is 2.27 bits per heavy atom. The molecule has 154 valence electrons. The summed E-state index contributed by atoms with van der Waals surface area (Å²) in [6, 6.07) is 2.58. The van der Waals surface area contributed by atoms with Crippen LogP contribution < -0.4 is 5.32 Å². The van der Waals surface area contributed by atoms with Gasteiger partial charge >= 0.3 is 0 Å². The molecule has 6 heterocycles. The van der Waals surface area contributed by atoms with Crippen LogP contribution in [-0.2, 0) is 19.1 Å². The van der Waals surface area contributed by atoms with Crippen LogP contribution in [0.15, 0.2) is 46.5 Å². The summed E-state index contributed by atoms with van der Waals surface area (Å²) in [6.07, 6.45) is 6.61. The maximum atomic E-state index is 13.7. The SMILES string of the molecule is CC1C(=O)CC(c2ccco2)N2C(=O)C3C(C(=O)Nc4nccs4)C4C=C[C@@]3(O4)C12. The van der Waals surface area contributed by atoms with Crippen molar-refractivity contribution < 1.29 is 23.5 Å². The molecule has 6 rings (SSSR count). The maximum absolute atomic E-state index is 13.7. The molecule has 7 atom stereocenters. The maximum Gasteiger partial charge on any atom is 0.233 e. The molecular weight excluding hydrogens is 406 g/mol. The van der Waals surface area contributed by atoms with E-state index in [0.717, 1.165) is 0 Å². The number of carbonyl (C=O) groups is 3. The van der Waals surface area contributed by atoms with Crippen molar-refractivity contribution in [2.75, 3.05) is 5.32 Å². The van der Waals surface area contributed by atoms with Gasteiger partial charge in [0.15, 0.2) is 5.13 Å². The average molecular weight is 425 g/mol. The molecule has 2 aromatic rings. The van der Waals surface area contributed by atoms with Crippen LogP contribution in [0.3, 0.4) is 0 Å². The van der Waals surface area contributed by atoms with E-state index in [1.54, 1.807) is 34.9 Å². The molecule has 0 aromatic carbocycles. The molecule has 0 saturated carbocycles. The largest absolute Gasteiger partial charge is 0.467 e. The number of nitrogens with zero attached hydrogens (tertiary/aromatic N) is 2. The second-order valence-electron chi connectivity index (χ2n) is 8.31. The second-order valence-corrected chi connectivity index (χ2v) is 9.20. The molecule has 1 spiro atoms. The molecule has 2 aromatic heterocycles. The predicted octanol–water partition coefficient (Wildman–Crippen LogP) is 2.18. The number of aromatic nitrogens is 1. The number of rotatable bonds is 3. The summed E-state index contributed by atoms with van der Waals surface area (Å²) in [5.74, 6) is -1.54. The third-order valence-electron chi connectivity index (χ3n) is 6.92. The van der Waals surface area contributed by atoms with Crippen LogP contribution in [0.1, 0.15) is 25.1 Å². The van der Waals surface area contributed by atoms with E-state index in [1.807, 2.05) is 19.1 Å². The van der Waals surface area contributed by atoms with Crippen LogP contribution in [0.2, 0.25) is 0 Å². The summed E-state index contributed by atoms with van der Waals surface area (Å²) in [4.78, 5) is 45.6. The molecule has 3 saturated heterocycles. The molecular formula is C21H19N3O5S. The summed E-state index contributed by atoms with van der Waals surface area (Å²) in [7, 11) is 0. The Morgan fingerprint density at radius 3 is 3.00 bits per heavy atom. The van der Waals surface area contributed by atoms with Gasteiger partial charge in [0.1, 0.15) is 17.1 Å². The highest BCUT2D eigenvalue weighted by molar-refractivity contribution is 7.13. The standard InChI is InChI=1S/C21H19N3O5S/c1-10-12(25)9-11(13-3-2-7-28-13)24-17(10)21-5-4-14(29-21)15(16(21)19(24)27)18(26)23-20-22-6-8-30-20/h2-8,10-11,14-17H,9H2,1H3,(H,22,23,26)/t10?,11?,14?,15?,16?,17?,21-/m0/s1. The fraction of sp³-hybridized carbons (Fsp3) is 0.429. The number of nitrogens with one attached hydrogen (secondary N) is 1. The number of Topliss-reactive ketones (excluding diaryl/α,β-unsaturated/α-hetero) is 1. The van der Waals surface area contributed by atoms with E-state index < -0.39 is 41.5 Å². The number of amides is 2. The zero-order valence-corrected chi connectivity index (χ0v) is 16.9. The lowest BCUT2D eigenvalue weighted by atomic mass is 9.70.